The van der Waals surface area contributed by atoms with Crippen LogP contribution in [-0.2, 0) is 0 Å². The van der Waals surface area contributed by atoms with Crippen LogP contribution in [0.3, 0.4) is 0 Å². The molecule has 0 bridgehead atoms. The number of anilines is 1. The molecule has 0 radical (unpaired) electrons. The summed E-state index contributed by atoms with van der Waals surface area (Å²) < 4.78 is 0. The number of rotatable bonds is 2. The highest BCUT2D eigenvalue weighted by Gasteiger charge is 2.14. The van der Waals surface area contributed by atoms with Gasteiger partial charge in [0.1, 0.15) is 11.8 Å². The minimum absolute atomic E-state index is 1.01. The van der Waals surface area contributed by atoms with Gasteiger partial charge in [-0.1, -0.05) is 30.4 Å². The summed E-state index contributed by atoms with van der Waals surface area (Å²) in [6, 6.07) is 9.84. The molecule has 0 aromatic heterocycles. The first-order valence-corrected chi connectivity index (χ1v) is 4.26. The largest absolute Gasteiger partial charge is 0.220 e. The molecule has 4 nitrogen and oxygen atoms in total. The van der Waals surface area contributed by atoms with Crippen LogP contribution in [0.2, 0.25) is 0 Å². The van der Waals surface area contributed by atoms with Gasteiger partial charge in [0, 0.05) is 0 Å². The number of nitrogens with zero attached hydrogens (tertiary/aromatic N) is 3. The van der Waals surface area contributed by atoms with Gasteiger partial charge < -0.3 is 0 Å². The van der Waals surface area contributed by atoms with Gasteiger partial charge in [-0.25, -0.2) is 5.01 Å². The lowest BCUT2D eigenvalue weighted by atomic mass is 10.3. The van der Waals surface area contributed by atoms with Crippen LogP contribution in [0, 0.1) is 0 Å². The standard InChI is InChI=1S/C8H8N4S/c13-7-12-10-9-6-11(12)8-4-2-1-3-5-8/h1-7,10H. The van der Waals surface area contributed by atoms with Gasteiger partial charge in [-0.15, -0.1) is 5.10 Å². The maximum absolute atomic E-state index is 4.81. The molecule has 0 fully saturated rings. The van der Waals surface area contributed by atoms with E-state index in [0.29, 0.717) is 0 Å². The van der Waals surface area contributed by atoms with Crippen molar-refractivity contribution in [2.45, 2.75) is 0 Å². The van der Waals surface area contributed by atoms with E-state index in [1.807, 2.05) is 35.3 Å². The normalized spacial score (nSPS) is 14.5. The maximum atomic E-state index is 4.81. The predicted molar refractivity (Wildman–Crippen MR) is 56.0 cm³/mol. The van der Waals surface area contributed by atoms with Gasteiger partial charge in [0.25, 0.3) is 0 Å². The van der Waals surface area contributed by atoms with Crippen molar-refractivity contribution in [1.29, 1.82) is 0 Å². The van der Waals surface area contributed by atoms with Crippen molar-refractivity contribution in [2.24, 2.45) is 5.10 Å². The van der Waals surface area contributed by atoms with Crippen molar-refractivity contribution in [3.05, 3.63) is 30.3 Å². The lowest BCUT2D eigenvalue weighted by molar-refractivity contribution is 0.377. The molecule has 0 atom stereocenters. The molecule has 5 heteroatoms. The van der Waals surface area contributed by atoms with Crippen LogP contribution >= 0.6 is 12.2 Å². The van der Waals surface area contributed by atoms with Crippen molar-refractivity contribution < 1.29 is 0 Å². The average Bonchev–Trinajstić information content (AvgIpc) is 2.67. The number of para-hydroxylation sites is 1. The van der Waals surface area contributed by atoms with Gasteiger partial charge in [-0.3, -0.25) is 0 Å². The van der Waals surface area contributed by atoms with Crippen molar-refractivity contribution in [3.63, 3.8) is 0 Å². The molecule has 0 saturated heterocycles. The van der Waals surface area contributed by atoms with Gasteiger partial charge in [0.05, 0.1) is 5.69 Å². The number of benzene rings is 1. The van der Waals surface area contributed by atoms with Crippen LogP contribution < -0.4 is 10.5 Å². The highest BCUT2D eigenvalue weighted by molar-refractivity contribution is 7.78. The zero-order valence-corrected chi connectivity index (χ0v) is 7.61. The second-order valence-electron chi connectivity index (χ2n) is 2.47. The Kier molecular flexibility index (Phi) is 2.09. The molecule has 0 amide bonds. The highest BCUT2D eigenvalue weighted by atomic mass is 32.1. The molecule has 1 aliphatic rings. The Bertz CT molecular complexity index is 324. The van der Waals surface area contributed by atoms with E-state index < -0.39 is 0 Å². The third-order valence-electron chi connectivity index (χ3n) is 1.68. The molecule has 66 valence electrons. The van der Waals surface area contributed by atoms with Crippen LogP contribution in [0.4, 0.5) is 5.69 Å². The summed E-state index contributed by atoms with van der Waals surface area (Å²) in [5, 5.41) is 7.30. The summed E-state index contributed by atoms with van der Waals surface area (Å²) in [7, 11) is 0. The number of thiocarbonyl (C=S) groups is 1. The molecule has 0 aliphatic carbocycles. The van der Waals surface area contributed by atoms with E-state index in [1.165, 1.54) is 5.49 Å². The predicted octanol–water partition coefficient (Wildman–Crippen LogP) is 1.13. The summed E-state index contributed by atoms with van der Waals surface area (Å²) >= 11 is 4.81. The summed E-state index contributed by atoms with van der Waals surface area (Å²) in [6.07, 6.45) is 1.66. The molecule has 2 rings (SSSR count). The molecule has 1 aromatic carbocycles. The number of hydrazone groups is 1. The van der Waals surface area contributed by atoms with Crippen molar-refractivity contribution in [1.82, 2.24) is 10.7 Å². The summed E-state index contributed by atoms with van der Waals surface area (Å²) in [5.74, 6) is 0. The molecular weight excluding hydrogens is 184 g/mol. The number of nitrogens with one attached hydrogen (secondary N) is 1. The van der Waals surface area contributed by atoms with Crippen LogP contribution in [0.1, 0.15) is 0 Å². The fourth-order valence-electron chi connectivity index (χ4n) is 1.09. The third-order valence-corrected chi connectivity index (χ3v) is 1.88. The number of hydrogen-bond donors (Lipinski definition) is 1. The number of hydrazine groups is 2. The van der Waals surface area contributed by atoms with Crippen molar-refractivity contribution in [2.75, 3.05) is 5.01 Å². The highest BCUT2D eigenvalue weighted by Crippen LogP contribution is 2.13. The Morgan fingerprint density at radius 2 is 2.08 bits per heavy atom. The summed E-state index contributed by atoms with van der Waals surface area (Å²) in [6.45, 7) is 0. The van der Waals surface area contributed by atoms with Gasteiger partial charge >= 0.3 is 0 Å². The van der Waals surface area contributed by atoms with E-state index in [0.717, 1.165) is 5.69 Å². The minimum Gasteiger partial charge on any atom is -0.220 e. The molecule has 1 aromatic rings. The lowest BCUT2D eigenvalue weighted by Gasteiger charge is -2.23. The summed E-state index contributed by atoms with van der Waals surface area (Å²) in [5.41, 5.74) is 5.22. The Morgan fingerprint density at radius 1 is 1.31 bits per heavy atom. The zero-order chi connectivity index (χ0) is 9.10. The number of hydrogen-bond acceptors (Lipinski definition) is 4. The average molecular weight is 192 g/mol. The smallest absolute Gasteiger partial charge is 0.139 e. The van der Waals surface area contributed by atoms with E-state index in [-0.39, 0.29) is 0 Å². The maximum Gasteiger partial charge on any atom is 0.139 e. The minimum atomic E-state index is 1.01. The molecule has 13 heavy (non-hydrogen) atoms. The van der Waals surface area contributed by atoms with Gasteiger partial charge in [0.15, 0.2) is 0 Å². The van der Waals surface area contributed by atoms with Crippen molar-refractivity contribution in [3.8, 4) is 0 Å². The Morgan fingerprint density at radius 3 is 2.77 bits per heavy atom. The first-order valence-electron chi connectivity index (χ1n) is 3.79. The van der Waals surface area contributed by atoms with Gasteiger partial charge in [-0.2, -0.15) is 10.7 Å². The first-order chi connectivity index (χ1) is 6.42. The van der Waals surface area contributed by atoms with Crippen LogP contribution in [0.15, 0.2) is 35.4 Å². The van der Waals surface area contributed by atoms with Crippen molar-refractivity contribution >= 4 is 29.7 Å². The zero-order valence-electron chi connectivity index (χ0n) is 6.79. The topological polar surface area (TPSA) is 30.9 Å². The van der Waals surface area contributed by atoms with E-state index in [4.69, 9.17) is 12.2 Å². The van der Waals surface area contributed by atoms with E-state index in [1.54, 1.807) is 11.5 Å². The molecule has 0 unspecified atom stereocenters. The molecule has 0 saturated carbocycles. The van der Waals surface area contributed by atoms with Crippen LogP contribution in [-0.4, -0.2) is 16.9 Å². The molecule has 1 aliphatic heterocycles. The third kappa shape index (κ3) is 1.46. The Balaban J connectivity index is 2.26. The quantitative estimate of drug-likeness (QED) is 0.712. The van der Waals surface area contributed by atoms with E-state index in [9.17, 15) is 0 Å². The second-order valence-corrected chi connectivity index (χ2v) is 2.69. The lowest BCUT2D eigenvalue weighted by Crippen LogP contribution is -2.41. The Hall–Kier alpha value is -1.62. The monoisotopic (exact) mass is 192 g/mol. The van der Waals surface area contributed by atoms with E-state index in [2.05, 4.69) is 10.6 Å². The fraction of sp³-hybridized carbons (Fsp3) is 0. The first kappa shape index (κ1) is 8.00. The fourth-order valence-corrected chi connectivity index (χ4v) is 1.24. The van der Waals surface area contributed by atoms with Gasteiger partial charge in [-0.05, 0) is 12.1 Å². The molecule has 1 heterocycles. The van der Waals surface area contributed by atoms with Crippen LogP contribution in [0.5, 0.6) is 0 Å². The SMILES string of the molecule is S=CN1NN=CN1c1ccccc1. The molecule has 1 N–H and O–H groups in total. The Labute approximate surface area is 81.4 Å². The summed E-state index contributed by atoms with van der Waals surface area (Å²) in [4.78, 5) is 0. The molecular formula is C8H8N4S. The van der Waals surface area contributed by atoms with Gasteiger partial charge in [0.2, 0.25) is 0 Å². The van der Waals surface area contributed by atoms with Crippen LogP contribution in [0.25, 0.3) is 0 Å². The molecule has 0 spiro atoms. The van der Waals surface area contributed by atoms with E-state index >= 15 is 0 Å². The second kappa shape index (κ2) is 3.40.